The predicted molar refractivity (Wildman–Crippen MR) is 82.3 cm³/mol. The average Bonchev–Trinajstić information content (AvgIpc) is 2.74. The van der Waals surface area contributed by atoms with Crippen LogP contribution in [-0.2, 0) is 12.4 Å². The maximum Gasteiger partial charge on any atom is 0.164 e. The summed E-state index contributed by atoms with van der Waals surface area (Å²) < 4.78 is 3.16. The van der Waals surface area contributed by atoms with Crippen molar-refractivity contribution in [2.75, 3.05) is 0 Å². The van der Waals surface area contributed by atoms with E-state index in [1.54, 1.807) is 0 Å². The number of halogens is 2. The molecule has 1 heterocycles. The van der Waals surface area contributed by atoms with E-state index in [0.717, 1.165) is 28.2 Å². The first kappa shape index (κ1) is 14.5. The van der Waals surface area contributed by atoms with Gasteiger partial charge in [0.1, 0.15) is 5.82 Å². The topological polar surface area (TPSA) is 30.7 Å². The van der Waals surface area contributed by atoms with Crippen LogP contribution in [0.5, 0.6) is 0 Å². The SMILES string of the molecule is Cc1ccc(Br)cc1-c1nnc(CCl)n1CC(C)C. The van der Waals surface area contributed by atoms with E-state index >= 15 is 0 Å². The van der Waals surface area contributed by atoms with Gasteiger partial charge < -0.3 is 4.57 Å². The quantitative estimate of drug-likeness (QED) is 0.771. The fraction of sp³-hybridized carbons (Fsp3) is 0.429. The molecule has 0 fully saturated rings. The van der Waals surface area contributed by atoms with Gasteiger partial charge in [0.2, 0.25) is 0 Å². The standard InChI is InChI=1S/C14H17BrClN3/c1-9(2)8-19-13(7-16)17-18-14(19)12-6-11(15)5-4-10(12)3/h4-6,9H,7-8H2,1-3H3. The molecular weight excluding hydrogens is 326 g/mol. The highest BCUT2D eigenvalue weighted by Gasteiger charge is 2.16. The second kappa shape index (κ2) is 6.06. The molecule has 0 amide bonds. The van der Waals surface area contributed by atoms with Crippen molar-refractivity contribution in [1.82, 2.24) is 14.8 Å². The molecule has 1 aromatic carbocycles. The van der Waals surface area contributed by atoms with Crippen LogP contribution in [0.4, 0.5) is 0 Å². The fourth-order valence-electron chi connectivity index (χ4n) is 2.03. The first-order valence-electron chi connectivity index (χ1n) is 6.27. The fourth-order valence-corrected chi connectivity index (χ4v) is 2.58. The Morgan fingerprint density at radius 3 is 2.68 bits per heavy atom. The molecule has 2 rings (SSSR count). The Hall–Kier alpha value is -0.870. The van der Waals surface area contributed by atoms with Gasteiger partial charge in [0, 0.05) is 16.6 Å². The first-order valence-corrected chi connectivity index (χ1v) is 7.60. The average molecular weight is 343 g/mol. The minimum absolute atomic E-state index is 0.382. The minimum atomic E-state index is 0.382. The third-order valence-electron chi connectivity index (χ3n) is 2.94. The van der Waals surface area contributed by atoms with E-state index in [0.29, 0.717) is 11.8 Å². The number of aryl methyl sites for hydroxylation is 1. The molecule has 0 aliphatic heterocycles. The molecule has 0 saturated heterocycles. The predicted octanol–water partition coefficient (Wildman–Crippen LogP) is 4.41. The van der Waals surface area contributed by atoms with E-state index in [2.05, 4.69) is 63.6 Å². The number of benzene rings is 1. The molecule has 0 N–H and O–H groups in total. The highest BCUT2D eigenvalue weighted by molar-refractivity contribution is 9.10. The molecule has 0 aliphatic carbocycles. The smallest absolute Gasteiger partial charge is 0.164 e. The number of alkyl halides is 1. The van der Waals surface area contributed by atoms with Crippen LogP contribution in [0.2, 0.25) is 0 Å². The van der Waals surface area contributed by atoms with Crippen LogP contribution < -0.4 is 0 Å². The Morgan fingerprint density at radius 2 is 2.05 bits per heavy atom. The molecule has 0 atom stereocenters. The largest absolute Gasteiger partial charge is 0.310 e. The van der Waals surface area contributed by atoms with E-state index in [1.807, 2.05) is 6.07 Å². The lowest BCUT2D eigenvalue weighted by Crippen LogP contribution is -2.09. The molecule has 102 valence electrons. The van der Waals surface area contributed by atoms with Crippen molar-refractivity contribution in [1.29, 1.82) is 0 Å². The zero-order chi connectivity index (χ0) is 14.0. The molecule has 2 aromatic rings. The number of hydrogen-bond donors (Lipinski definition) is 0. The van der Waals surface area contributed by atoms with Crippen molar-refractivity contribution in [3.63, 3.8) is 0 Å². The van der Waals surface area contributed by atoms with Crippen molar-refractivity contribution in [2.45, 2.75) is 33.2 Å². The monoisotopic (exact) mass is 341 g/mol. The molecule has 0 bridgehead atoms. The summed E-state index contributed by atoms with van der Waals surface area (Å²) in [6.45, 7) is 7.30. The molecule has 5 heteroatoms. The van der Waals surface area contributed by atoms with Gasteiger partial charge in [0.05, 0.1) is 5.88 Å². The lowest BCUT2D eigenvalue weighted by atomic mass is 10.1. The lowest BCUT2D eigenvalue weighted by molar-refractivity contribution is 0.515. The Morgan fingerprint density at radius 1 is 1.32 bits per heavy atom. The molecule has 0 aliphatic rings. The lowest BCUT2D eigenvalue weighted by Gasteiger charge is -2.13. The Kier molecular flexibility index (Phi) is 4.63. The van der Waals surface area contributed by atoms with Crippen LogP contribution in [-0.4, -0.2) is 14.8 Å². The molecule has 0 saturated carbocycles. The van der Waals surface area contributed by atoms with Crippen LogP contribution in [0.3, 0.4) is 0 Å². The van der Waals surface area contributed by atoms with Gasteiger partial charge in [-0.15, -0.1) is 21.8 Å². The third kappa shape index (κ3) is 3.18. The highest BCUT2D eigenvalue weighted by atomic mass is 79.9. The van der Waals surface area contributed by atoms with Gasteiger partial charge in [-0.05, 0) is 30.5 Å². The molecule has 0 spiro atoms. The Bertz CT molecular complexity index is 578. The molecule has 0 unspecified atom stereocenters. The van der Waals surface area contributed by atoms with Crippen LogP contribution in [0, 0.1) is 12.8 Å². The van der Waals surface area contributed by atoms with Gasteiger partial charge in [-0.2, -0.15) is 0 Å². The summed E-state index contributed by atoms with van der Waals surface area (Å²) >= 11 is 9.46. The summed E-state index contributed by atoms with van der Waals surface area (Å²) in [5.41, 5.74) is 2.28. The molecular formula is C14H17BrClN3. The van der Waals surface area contributed by atoms with Gasteiger partial charge in [-0.25, -0.2) is 0 Å². The van der Waals surface area contributed by atoms with Gasteiger partial charge in [0.25, 0.3) is 0 Å². The normalized spacial score (nSPS) is 11.3. The second-order valence-corrected chi connectivity index (χ2v) is 6.22. The number of nitrogens with zero attached hydrogens (tertiary/aromatic N) is 3. The summed E-state index contributed by atoms with van der Waals surface area (Å²) in [5.74, 6) is 2.62. The van der Waals surface area contributed by atoms with Crippen LogP contribution in [0.25, 0.3) is 11.4 Å². The second-order valence-electron chi connectivity index (χ2n) is 5.04. The van der Waals surface area contributed by atoms with Crippen LogP contribution in [0.15, 0.2) is 22.7 Å². The summed E-state index contributed by atoms with van der Waals surface area (Å²) in [5, 5.41) is 8.52. The van der Waals surface area contributed by atoms with E-state index in [-0.39, 0.29) is 0 Å². The van der Waals surface area contributed by atoms with Gasteiger partial charge >= 0.3 is 0 Å². The van der Waals surface area contributed by atoms with Crippen LogP contribution >= 0.6 is 27.5 Å². The number of rotatable bonds is 4. The third-order valence-corrected chi connectivity index (χ3v) is 3.67. The zero-order valence-electron chi connectivity index (χ0n) is 11.3. The van der Waals surface area contributed by atoms with Crippen molar-refractivity contribution in [2.24, 2.45) is 5.92 Å². The van der Waals surface area contributed by atoms with E-state index in [1.165, 1.54) is 5.56 Å². The van der Waals surface area contributed by atoms with E-state index in [9.17, 15) is 0 Å². The summed E-state index contributed by atoms with van der Waals surface area (Å²) in [6, 6.07) is 6.19. The molecule has 1 aromatic heterocycles. The minimum Gasteiger partial charge on any atom is -0.310 e. The van der Waals surface area contributed by atoms with Gasteiger partial charge in [-0.1, -0.05) is 35.8 Å². The Labute approximate surface area is 127 Å². The van der Waals surface area contributed by atoms with Crippen LogP contribution in [0.1, 0.15) is 25.2 Å². The van der Waals surface area contributed by atoms with Crippen molar-refractivity contribution < 1.29 is 0 Å². The summed E-state index contributed by atoms with van der Waals surface area (Å²) in [7, 11) is 0. The van der Waals surface area contributed by atoms with Gasteiger partial charge in [-0.3, -0.25) is 0 Å². The number of aromatic nitrogens is 3. The van der Waals surface area contributed by atoms with E-state index < -0.39 is 0 Å². The van der Waals surface area contributed by atoms with Crippen molar-refractivity contribution in [3.05, 3.63) is 34.1 Å². The summed E-state index contributed by atoms with van der Waals surface area (Å²) in [4.78, 5) is 0. The highest BCUT2D eigenvalue weighted by Crippen LogP contribution is 2.27. The van der Waals surface area contributed by atoms with Crippen molar-refractivity contribution >= 4 is 27.5 Å². The summed E-state index contributed by atoms with van der Waals surface area (Å²) in [6.07, 6.45) is 0. The van der Waals surface area contributed by atoms with Gasteiger partial charge in [0.15, 0.2) is 5.82 Å². The maximum atomic E-state index is 5.95. The number of hydrogen-bond acceptors (Lipinski definition) is 2. The molecule has 19 heavy (non-hydrogen) atoms. The maximum absolute atomic E-state index is 5.95. The molecule has 0 radical (unpaired) electrons. The first-order chi connectivity index (χ1) is 9.02. The Balaban J connectivity index is 2.55. The van der Waals surface area contributed by atoms with Crippen molar-refractivity contribution in [3.8, 4) is 11.4 Å². The molecule has 3 nitrogen and oxygen atoms in total. The van der Waals surface area contributed by atoms with E-state index in [4.69, 9.17) is 11.6 Å². The zero-order valence-corrected chi connectivity index (χ0v) is 13.7.